The van der Waals surface area contributed by atoms with Gasteiger partial charge in [0.05, 0.1) is 6.61 Å². The number of carbonyl (C=O) groups is 2. The molecule has 2 amide bonds. The average molecular weight is 389 g/mol. The Balaban J connectivity index is 1.51. The number of rotatable bonds is 5. The summed E-state index contributed by atoms with van der Waals surface area (Å²) in [5.74, 6) is -0.0901. The Morgan fingerprint density at radius 2 is 1.82 bits per heavy atom. The first-order chi connectivity index (χ1) is 13.7. The van der Waals surface area contributed by atoms with Crippen LogP contribution in [-0.4, -0.2) is 53.7 Å². The van der Waals surface area contributed by atoms with Gasteiger partial charge in [-0.15, -0.1) is 0 Å². The lowest BCUT2D eigenvalue weighted by atomic mass is 10.0. The van der Waals surface area contributed by atoms with Gasteiger partial charge in [0.1, 0.15) is 5.69 Å². The number of nitrogens with zero attached hydrogens (tertiary/aromatic N) is 2. The molecule has 3 rings (SSSR count). The summed E-state index contributed by atoms with van der Waals surface area (Å²) in [5, 5.41) is 6.63. The standard InChI is InChI=1S/C21H32N4O3/c1-2-28-21(27)25-13-10-17(11-14-25)23-18-9-12-22-19(15-18)20(26)24-16-7-5-3-4-6-8-16/h9,12,15-17H,2-8,10-11,13-14H2,1H3,(H,22,23)(H,24,26). The van der Waals surface area contributed by atoms with Gasteiger partial charge in [0.25, 0.3) is 5.91 Å². The number of aromatic nitrogens is 1. The van der Waals surface area contributed by atoms with E-state index in [1.807, 2.05) is 19.1 Å². The highest BCUT2D eigenvalue weighted by atomic mass is 16.6. The molecule has 0 radical (unpaired) electrons. The highest BCUT2D eigenvalue weighted by molar-refractivity contribution is 5.93. The molecule has 0 aromatic carbocycles. The van der Waals surface area contributed by atoms with Gasteiger partial charge in [0.2, 0.25) is 0 Å². The van der Waals surface area contributed by atoms with Crippen LogP contribution in [-0.2, 0) is 4.74 Å². The molecular formula is C21H32N4O3. The molecule has 0 bridgehead atoms. The minimum atomic E-state index is -0.234. The lowest BCUT2D eigenvalue weighted by molar-refractivity contribution is 0.0926. The molecule has 1 aromatic rings. The Kier molecular flexibility index (Phi) is 7.51. The summed E-state index contributed by atoms with van der Waals surface area (Å²) in [4.78, 5) is 30.4. The van der Waals surface area contributed by atoms with Crippen molar-refractivity contribution in [1.82, 2.24) is 15.2 Å². The average Bonchev–Trinajstić information content (AvgIpc) is 2.97. The quantitative estimate of drug-likeness (QED) is 0.754. The van der Waals surface area contributed by atoms with Crippen LogP contribution in [0.25, 0.3) is 0 Å². The predicted molar refractivity (Wildman–Crippen MR) is 108 cm³/mol. The number of piperidine rings is 1. The summed E-state index contributed by atoms with van der Waals surface area (Å²) < 4.78 is 5.06. The van der Waals surface area contributed by atoms with Crippen LogP contribution in [0.15, 0.2) is 18.3 Å². The second kappa shape index (κ2) is 10.3. The molecule has 2 N–H and O–H groups in total. The molecule has 7 heteroatoms. The lowest BCUT2D eigenvalue weighted by Gasteiger charge is -2.32. The Morgan fingerprint density at radius 1 is 1.11 bits per heavy atom. The SMILES string of the molecule is CCOC(=O)N1CCC(Nc2ccnc(C(=O)NC3CCCCCC3)c2)CC1. The molecule has 1 aromatic heterocycles. The minimum absolute atomic E-state index is 0.0901. The van der Waals surface area contributed by atoms with Gasteiger partial charge in [-0.3, -0.25) is 9.78 Å². The van der Waals surface area contributed by atoms with Crippen molar-refractivity contribution in [3.63, 3.8) is 0 Å². The third-order valence-corrected chi connectivity index (χ3v) is 5.57. The topological polar surface area (TPSA) is 83.6 Å². The molecule has 0 unspecified atom stereocenters. The maximum Gasteiger partial charge on any atom is 0.409 e. The van der Waals surface area contributed by atoms with E-state index in [1.165, 1.54) is 25.7 Å². The van der Waals surface area contributed by atoms with Crippen molar-refractivity contribution in [2.75, 3.05) is 25.0 Å². The number of likely N-dealkylation sites (tertiary alicyclic amines) is 1. The highest BCUT2D eigenvalue weighted by Crippen LogP contribution is 2.19. The second-order valence-electron chi connectivity index (χ2n) is 7.70. The molecule has 1 aliphatic carbocycles. The largest absolute Gasteiger partial charge is 0.450 e. The lowest BCUT2D eigenvalue weighted by Crippen LogP contribution is -2.42. The summed E-state index contributed by atoms with van der Waals surface area (Å²) in [6, 6.07) is 4.25. The summed E-state index contributed by atoms with van der Waals surface area (Å²) >= 11 is 0. The molecule has 1 saturated carbocycles. The first-order valence-corrected chi connectivity index (χ1v) is 10.6. The van der Waals surface area contributed by atoms with Gasteiger partial charge < -0.3 is 20.3 Å². The molecule has 154 valence electrons. The fraction of sp³-hybridized carbons (Fsp3) is 0.667. The van der Waals surface area contributed by atoms with E-state index >= 15 is 0 Å². The number of carbonyl (C=O) groups excluding carboxylic acids is 2. The van der Waals surface area contributed by atoms with Crippen LogP contribution in [0.3, 0.4) is 0 Å². The van der Waals surface area contributed by atoms with Crippen molar-refractivity contribution >= 4 is 17.7 Å². The van der Waals surface area contributed by atoms with Crippen molar-refractivity contribution in [3.05, 3.63) is 24.0 Å². The Morgan fingerprint density at radius 3 is 2.50 bits per heavy atom. The smallest absolute Gasteiger partial charge is 0.409 e. The zero-order valence-corrected chi connectivity index (χ0v) is 16.8. The third kappa shape index (κ3) is 5.84. The van der Waals surface area contributed by atoms with E-state index in [4.69, 9.17) is 4.74 Å². The van der Waals surface area contributed by atoms with Crippen molar-refractivity contribution < 1.29 is 14.3 Å². The van der Waals surface area contributed by atoms with Gasteiger partial charge in [0, 0.05) is 37.1 Å². The van der Waals surface area contributed by atoms with Gasteiger partial charge in [-0.1, -0.05) is 25.7 Å². The van der Waals surface area contributed by atoms with E-state index in [-0.39, 0.29) is 24.1 Å². The minimum Gasteiger partial charge on any atom is -0.450 e. The number of ether oxygens (including phenoxy) is 1. The van der Waals surface area contributed by atoms with Gasteiger partial charge in [-0.25, -0.2) is 4.79 Å². The molecule has 0 spiro atoms. The van der Waals surface area contributed by atoms with E-state index in [0.29, 0.717) is 25.4 Å². The number of nitrogens with one attached hydrogen (secondary N) is 2. The summed E-state index contributed by atoms with van der Waals surface area (Å²) in [5.41, 5.74) is 1.36. The molecule has 1 aliphatic heterocycles. The summed E-state index contributed by atoms with van der Waals surface area (Å²) in [6.45, 7) is 3.58. The van der Waals surface area contributed by atoms with Gasteiger partial charge in [-0.05, 0) is 44.7 Å². The molecule has 2 fully saturated rings. The molecule has 28 heavy (non-hydrogen) atoms. The van der Waals surface area contributed by atoms with E-state index in [9.17, 15) is 9.59 Å². The van der Waals surface area contributed by atoms with Crippen LogP contribution in [0, 0.1) is 0 Å². The van der Waals surface area contributed by atoms with Crippen molar-refractivity contribution in [2.45, 2.75) is 70.4 Å². The Labute approximate surface area is 167 Å². The molecule has 0 atom stereocenters. The van der Waals surface area contributed by atoms with E-state index < -0.39 is 0 Å². The Hall–Kier alpha value is -2.31. The number of hydrogen-bond donors (Lipinski definition) is 2. The van der Waals surface area contributed by atoms with Crippen molar-refractivity contribution in [3.8, 4) is 0 Å². The number of amides is 2. The zero-order chi connectivity index (χ0) is 19.8. The third-order valence-electron chi connectivity index (χ3n) is 5.57. The fourth-order valence-corrected chi connectivity index (χ4v) is 3.98. The number of hydrogen-bond acceptors (Lipinski definition) is 5. The number of pyridine rings is 1. The molecule has 2 heterocycles. The zero-order valence-electron chi connectivity index (χ0n) is 16.8. The number of anilines is 1. The van der Waals surface area contributed by atoms with Crippen molar-refractivity contribution in [1.29, 1.82) is 0 Å². The van der Waals surface area contributed by atoms with Gasteiger partial charge >= 0.3 is 6.09 Å². The molecule has 2 aliphatic rings. The van der Waals surface area contributed by atoms with E-state index in [0.717, 1.165) is 31.4 Å². The van der Waals surface area contributed by atoms with Crippen molar-refractivity contribution in [2.24, 2.45) is 0 Å². The van der Waals surface area contributed by atoms with Gasteiger partial charge in [-0.2, -0.15) is 0 Å². The van der Waals surface area contributed by atoms with Crippen LogP contribution >= 0.6 is 0 Å². The maximum absolute atomic E-state index is 12.6. The molecule has 1 saturated heterocycles. The molecule has 7 nitrogen and oxygen atoms in total. The monoisotopic (exact) mass is 388 g/mol. The van der Waals surface area contributed by atoms with Crippen LogP contribution in [0.2, 0.25) is 0 Å². The van der Waals surface area contributed by atoms with Crippen LogP contribution < -0.4 is 10.6 Å². The highest BCUT2D eigenvalue weighted by Gasteiger charge is 2.24. The van der Waals surface area contributed by atoms with Crippen LogP contribution in [0.1, 0.15) is 68.8 Å². The van der Waals surface area contributed by atoms with E-state index in [1.54, 1.807) is 11.1 Å². The predicted octanol–water partition coefficient (Wildman–Crippen LogP) is 3.57. The Bertz CT molecular complexity index is 651. The fourth-order valence-electron chi connectivity index (χ4n) is 3.98. The van der Waals surface area contributed by atoms with Crippen LogP contribution in [0.4, 0.5) is 10.5 Å². The van der Waals surface area contributed by atoms with Crippen LogP contribution in [0.5, 0.6) is 0 Å². The summed E-state index contributed by atoms with van der Waals surface area (Å²) in [6.07, 6.45) is 10.2. The second-order valence-corrected chi connectivity index (χ2v) is 7.70. The maximum atomic E-state index is 12.6. The van der Waals surface area contributed by atoms with E-state index in [2.05, 4.69) is 15.6 Å². The first kappa shape index (κ1) is 20.4. The normalized spacial score (nSPS) is 19.0. The first-order valence-electron chi connectivity index (χ1n) is 10.6. The summed E-state index contributed by atoms with van der Waals surface area (Å²) in [7, 11) is 0. The molecular weight excluding hydrogens is 356 g/mol. The van der Waals surface area contributed by atoms with Gasteiger partial charge in [0.15, 0.2) is 0 Å².